The number of rotatable bonds is 7. The Bertz CT molecular complexity index is 1840. The quantitative estimate of drug-likeness (QED) is 0.286. The number of benzene rings is 3. The average molecular weight is 556 g/mol. The number of aromatic nitrogens is 5. The van der Waals surface area contributed by atoms with E-state index in [1.807, 2.05) is 106 Å². The van der Waals surface area contributed by atoms with Crippen LogP contribution in [0.2, 0.25) is 0 Å². The number of imidazole rings is 2. The molecule has 0 saturated carbocycles. The minimum Gasteiger partial charge on any atom is -0.379 e. The van der Waals surface area contributed by atoms with E-state index in [1.54, 1.807) is 12.4 Å². The smallest absolute Gasteiger partial charge is 0.255 e. The fraction of sp³-hybridized carbons (Fsp3) is 0.152. The largest absolute Gasteiger partial charge is 0.379 e. The van der Waals surface area contributed by atoms with Crippen LogP contribution in [-0.4, -0.2) is 61.0 Å². The van der Waals surface area contributed by atoms with Crippen molar-refractivity contribution in [3.63, 3.8) is 0 Å². The summed E-state index contributed by atoms with van der Waals surface area (Å²) in [5.41, 5.74) is 5.80. The van der Waals surface area contributed by atoms with Crippen LogP contribution in [0.15, 0.2) is 110 Å². The number of fused-ring (bicyclic) bond motifs is 1. The molecular weight excluding hydrogens is 526 g/mol. The Morgan fingerprint density at radius 2 is 1.64 bits per heavy atom. The van der Waals surface area contributed by atoms with Crippen LogP contribution in [0.1, 0.15) is 15.9 Å². The molecule has 42 heavy (non-hydrogen) atoms. The first-order chi connectivity index (χ1) is 20.7. The molecule has 1 aliphatic heterocycles. The van der Waals surface area contributed by atoms with E-state index in [2.05, 4.69) is 20.2 Å². The van der Waals surface area contributed by atoms with Crippen molar-refractivity contribution >= 4 is 17.2 Å². The van der Waals surface area contributed by atoms with Crippen molar-refractivity contribution in [2.24, 2.45) is 0 Å². The normalized spacial score (nSPS) is 13.8. The van der Waals surface area contributed by atoms with Crippen molar-refractivity contribution in [2.75, 3.05) is 31.6 Å². The highest BCUT2D eigenvalue weighted by atomic mass is 16.5. The van der Waals surface area contributed by atoms with Gasteiger partial charge in [-0.05, 0) is 29.8 Å². The number of carbonyl (C=O) groups is 1. The summed E-state index contributed by atoms with van der Waals surface area (Å²) in [7, 11) is 0. The average Bonchev–Trinajstić information content (AvgIpc) is 3.72. The molecule has 0 bridgehead atoms. The second-order valence-corrected chi connectivity index (χ2v) is 10.2. The molecule has 1 saturated heterocycles. The molecule has 9 nitrogen and oxygen atoms in total. The van der Waals surface area contributed by atoms with Crippen LogP contribution >= 0.6 is 0 Å². The molecular formula is C33H29N7O2. The number of amides is 1. The van der Waals surface area contributed by atoms with Crippen molar-refractivity contribution in [1.82, 2.24) is 28.8 Å². The minimum absolute atomic E-state index is 0.158. The fourth-order valence-corrected chi connectivity index (χ4v) is 5.23. The number of hydrogen-bond donors (Lipinski definition) is 1. The molecule has 1 amide bonds. The molecule has 0 spiro atoms. The van der Waals surface area contributed by atoms with E-state index in [1.165, 1.54) is 5.56 Å². The van der Waals surface area contributed by atoms with Gasteiger partial charge in [0.15, 0.2) is 11.5 Å². The molecule has 1 fully saturated rings. The van der Waals surface area contributed by atoms with Crippen molar-refractivity contribution in [3.05, 3.63) is 121 Å². The van der Waals surface area contributed by atoms with Crippen LogP contribution in [0.5, 0.6) is 0 Å². The molecule has 0 aliphatic carbocycles. The minimum atomic E-state index is -0.158. The van der Waals surface area contributed by atoms with E-state index < -0.39 is 0 Å². The van der Waals surface area contributed by atoms with Crippen LogP contribution in [0.4, 0.5) is 5.69 Å². The van der Waals surface area contributed by atoms with Gasteiger partial charge in [-0.15, -0.1) is 0 Å². The number of carbonyl (C=O) groups excluding carboxylic acids is 1. The first-order valence-corrected chi connectivity index (χ1v) is 13.9. The number of ether oxygens (including phenoxy) is 1. The first kappa shape index (κ1) is 25.8. The Labute approximate surface area is 243 Å². The highest BCUT2D eigenvalue weighted by Gasteiger charge is 2.16. The van der Waals surface area contributed by atoms with Crippen LogP contribution in [0.25, 0.3) is 34.1 Å². The van der Waals surface area contributed by atoms with Gasteiger partial charge in [-0.1, -0.05) is 54.6 Å². The second-order valence-electron chi connectivity index (χ2n) is 10.2. The van der Waals surface area contributed by atoms with Gasteiger partial charge < -0.3 is 14.5 Å². The van der Waals surface area contributed by atoms with Gasteiger partial charge in [0, 0.05) is 73.0 Å². The third-order valence-corrected chi connectivity index (χ3v) is 7.40. The summed E-state index contributed by atoms with van der Waals surface area (Å²) < 4.78 is 9.34. The molecule has 1 aliphatic rings. The summed E-state index contributed by atoms with van der Waals surface area (Å²) in [5, 5.41) is 3.05. The van der Waals surface area contributed by atoms with Crippen molar-refractivity contribution < 1.29 is 9.53 Å². The summed E-state index contributed by atoms with van der Waals surface area (Å²) in [6, 6.07) is 25.5. The molecule has 7 rings (SSSR count). The van der Waals surface area contributed by atoms with Gasteiger partial charge in [-0.25, -0.2) is 15.0 Å². The van der Waals surface area contributed by atoms with E-state index in [4.69, 9.17) is 9.72 Å². The summed E-state index contributed by atoms with van der Waals surface area (Å²) in [4.78, 5) is 29.7. The molecule has 3 aromatic heterocycles. The zero-order chi connectivity index (χ0) is 28.3. The predicted octanol–water partition coefficient (Wildman–Crippen LogP) is 5.33. The Morgan fingerprint density at radius 1 is 0.857 bits per heavy atom. The van der Waals surface area contributed by atoms with E-state index in [0.717, 1.165) is 61.1 Å². The highest BCUT2D eigenvalue weighted by molar-refractivity contribution is 6.04. The van der Waals surface area contributed by atoms with Crippen LogP contribution in [0, 0.1) is 0 Å². The third kappa shape index (κ3) is 5.30. The zero-order valence-electron chi connectivity index (χ0n) is 22.9. The number of nitrogens with zero attached hydrogens (tertiary/aromatic N) is 6. The first-order valence-electron chi connectivity index (χ1n) is 13.9. The van der Waals surface area contributed by atoms with Gasteiger partial charge in [0.2, 0.25) is 0 Å². The lowest BCUT2D eigenvalue weighted by Gasteiger charge is -2.26. The van der Waals surface area contributed by atoms with E-state index in [0.29, 0.717) is 17.1 Å². The van der Waals surface area contributed by atoms with Gasteiger partial charge in [0.1, 0.15) is 5.82 Å². The molecule has 0 atom stereocenters. The van der Waals surface area contributed by atoms with Crippen LogP contribution in [-0.2, 0) is 11.3 Å². The molecule has 4 heterocycles. The van der Waals surface area contributed by atoms with Gasteiger partial charge in [-0.2, -0.15) is 0 Å². The molecule has 1 N–H and O–H groups in total. The van der Waals surface area contributed by atoms with Crippen LogP contribution < -0.4 is 5.32 Å². The van der Waals surface area contributed by atoms with Crippen molar-refractivity contribution in [1.29, 1.82) is 0 Å². The lowest BCUT2D eigenvalue weighted by molar-refractivity contribution is 0.0342. The van der Waals surface area contributed by atoms with E-state index in [-0.39, 0.29) is 5.91 Å². The molecule has 0 radical (unpaired) electrons. The molecule has 3 aromatic carbocycles. The maximum absolute atomic E-state index is 13.1. The van der Waals surface area contributed by atoms with Crippen molar-refractivity contribution in [3.8, 4) is 28.5 Å². The molecule has 9 heteroatoms. The predicted molar refractivity (Wildman–Crippen MR) is 161 cm³/mol. The van der Waals surface area contributed by atoms with Gasteiger partial charge >= 0.3 is 0 Å². The topological polar surface area (TPSA) is 89.6 Å². The van der Waals surface area contributed by atoms with Gasteiger partial charge in [0.05, 0.1) is 18.9 Å². The maximum atomic E-state index is 13.1. The summed E-state index contributed by atoms with van der Waals surface area (Å²) >= 11 is 0. The fourth-order valence-electron chi connectivity index (χ4n) is 5.23. The molecule has 0 unspecified atom stereocenters. The lowest BCUT2D eigenvalue weighted by atomic mass is 10.1. The van der Waals surface area contributed by atoms with E-state index in [9.17, 15) is 4.79 Å². The van der Waals surface area contributed by atoms with Gasteiger partial charge in [0.25, 0.3) is 5.91 Å². The summed E-state index contributed by atoms with van der Waals surface area (Å²) in [6.07, 6.45) is 9.26. The molecule has 6 aromatic rings. The standard InChI is InChI=1S/C33H29N7O2/c41-33(26-11-9-24(10-12-26)22-38-17-19-42-20-18-38)36-28-8-4-7-27(21-28)29-23-39-15-13-35-31(39)32(37-29)40-16-14-34-30(40)25-5-2-1-3-6-25/h1-16,21,23H,17-20,22H2,(H,36,41). The summed E-state index contributed by atoms with van der Waals surface area (Å²) in [6.45, 7) is 4.25. The van der Waals surface area contributed by atoms with E-state index >= 15 is 0 Å². The summed E-state index contributed by atoms with van der Waals surface area (Å²) in [5.74, 6) is 1.29. The Balaban J connectivity index is 1.14. The second kappa shape index (κ2) is 11.4. The Hall–Kier alpha value is -5.12. The zero-order valence-corrected chi connectivity index (χ0v) is 22.9. The number of anilines is 1. The lowest BCUT2D eigenvalue weighted by Crippen LogP contribution is -2.35. The highest BCUT2D eigenvalue weighted by Crippen LogP contribution is 2.27. The monoisotopic (exact) mass is 555 g/mol. The van der Waals surface area contributed by atoms with Crippen LogP contribution in [0.3, 0.4) is 0 Å². The van der Waals surface area contributed by atoms with Crippen molar-refractivity contribution in [2.45, 2.75) is 6.54 Å². The SMILES string of the molecule is O=C(Nc1cccc(-c2cn3ccnc3c(-n3ccnc3-c3ccccc3)n2)c1)c1ccc(CN2CCOCC2)cc1. The number of morpholine rings is 1. The Kier molecular flexibility index (Phi) is 7.01. The Morgan fingerprint density at radius 3 is 2.48 bits per heavy atom. The third-order valence-electron chi connectivity index (χ3n) is 7.40. The number of nitrogens with one attached hydrogen (secondary N) is 1. The van der Waals surface area contributed by atoms with Gasteiger partial charge in [-0.3, -0.25) is 14.3 Å². The maximum Gasteiger partial charge on any atom is 0.255 e. The molecule has 208 valence electrons. The number of hydrogen-bond acceptors (Lipinski definition) is 6.